The fourth-order valence-corrected chi connectivity index (χ4v) is 4.95. The van der Waals surface area contributed by atoms with Crippen molar-refractivity contribution in [2.24, 2.45) is 5.92 Å². The normalized spacial score (nSPS) is 23.9. The second-order valence-corrected chi connectivity index (χ2v) is 8.57. The molecule has 2 heterocycles. The lowest BCUT2D eigenvalue weighted by Crippen LogP contribution is -2.65. The van der Waals surface area contributed by atoms with Crippen LogP contribution in [0.15, 0.2) is 72.8 Å². The van der Waals surface area contributed by atoms with Gasteiger partial charge >= 0.3 is 0 Å². The fourth-order valence-electron chi connectivity index (χ4n) is 4.95. The zero-order chi connectivity index (χ0) is 20.5. The molecule has 2 amide bonds. The Morgan fingerprint density at radius 2 is 1.60 bits per heavy atom. The molecule has 3 aromatic rings. The van der Waals surface area contributed by atoms with Gasteiger partial charge in [0.2, 0.25) is 11.8 Å². The number of benzene rings is 3. The molecular formula is C26H26N2O2. The average molecular weight is 399 g/mol. The smallest absolute Gasteiger partial charge is 0.246 e. The summed E-state index contributed by atoms with van der Waals surface area (Å²) in [7, 11) is 0. The number of hydrogen-bond donors (Lipinski definition) is 1. The van der Waals surface area contributed by atoms with E-state index in [2.05, 4.69) is 47.8 Å². The third kappa shape index (κ3) is 3.70. The third-order valence-electron chi connectivity index (χ3n) is 6.53. The molecule has 0 spiro atoms. The summed E-state index contributed by atoms with van der Waals surface area (Å²) in [4.78, 5) is 27.7. The van der Waals surface area contributed by atoms with E-state index in [1.165, 1.54) is 16.3 Å². The first kappa shape index (κ1) is 18.9. The molecule has 4 heteroatoms. The molecule has 2 saturated heterocycles. The van der Waals surface area contributed by atoms with Crippen LogP contribution in [0.3, 0.4) is 0 Å². The van der Waals surface area contributed by atoms with Crippen LogP contribution in [0.25, 0.3) is 10.8 Å². The van der Waals surface area contributed by atoms with Gasteiger partial charge in [0.15, 0.2) is 0 Å². The second-order valence-electron chi connectivity index (χ2n) is 8.57. The monoisotopic (exact) mass is 398 g/mol. The topological polar surface area (TPSA) is 49.4 Å². The number of hydrogen-bond acceptors (Lipinski definition) is 2. The quantitative estimate of drug-likeness (QED) is 0.728. The molecule has 2 aliphatic heterocycles. The minimum absolute atomic E-state index is 0.00116. The summed E-state index contributed by atoms with van der Waals surface area (Å²) in [6, 6.07) is 24.1. The Bertz CT molecular complexity index is 1080. The molecule has 0 radical (unpaired) electrons. The number of fused-ring (bicyclic) bond motifs is 2. The first-order valence-corrected chi connectivity index (χ1v) is 10.8. The lowest BCUT2D eigenvalue weighted by Gasteiger charge is -2.44. The highest BCUT2D eigenvalue weighted by Crippen LogP contribution is 2.30. The van der Waals surface area contributed by atoms with E-state index in [9.17, 15) is 9.59 Å². The van der Waals surface area contributed by atoms with Crippen LogP contribution in [0.1, 0.15) is 24.0 Å². The van der Waals surface area contributed by atoms with Gasteiger partial charge in [0, 0.05) is 13.0 Å². The van der Waals surface area contributed by atoms with Gasteiger partial charge in [-0.1, -0.05) is 72.8 Å². The molecule has 0 saturated carbocycles. The van der Waals surface area contributed by atoms with Crippen LogP contribution in [0.4, 0.5) is 0 Å². The molecule has 3 unspecified atom stereocenters. The molecule has 0 bridgehead atoms. The Kier molecular flexibility index (Phi) is 4.99. The van der Waals surface area contributed by atoms with Crippen molar-refractivity contribution in [1.82, 2.24) is 10.2 Å². The SMILES string of the molecule is O=C1NC(Cc2ccccc2)C(=O)N2CCC(Cc3ccc4ccccc4c3)CC12. The van der Waals surface area contributed by atoms with Gasteiger partial charge < -0.3 is 10.2 Å². The molecule has 5 rings (SSSR count). The van der Waals surface area contributed by atoms with Crippen molar-refractivity contribution in [2.45, 2.75) is 37.8 Å². The van der Waals surface area contributed by atoms with Crippen molar-refractivity contribution in [2.75, 3.05) is 6.54 Å². The predicted molar refractivity (Wildman–Crippen MR) is 118 cm³/mol. The average Bonchev–Trinajstić information content (AvgIpc) is 2.78. The molecule has 2 fully saturated rings. The number of carbonyl (C=O) groups is 2. The van der Waals surface area contributed by atoms with Crippen molar-refractivity contribution in [3.8, 4) is 0 Å². The largest absolute Gasteiger partial charge is 0.342 e. The molecule has 3 atom stereocenters. The van der Waals surface area contributed by atoms with Gasteiger partial charge in [-0.05, 0) is 47.1 Å². The van der Waals surface area contributed by atoms with Gasteiger partial charge in [-0.15, -0.1) is 0 Å². The summed E-state index contributed by atoms with van der Waals surface area (Å²) >= 11 is 0. The highest BCUT2D eigenvalue weighted by atomic mass is 16.2. The second kappa shape index (κ2) is 7.94. The summed E-state index contributed by atoms with van der Waals surface area (Å²) in [5, 5.41) is 5.49. The molecule has 4 nitrogen and oxygen atoms in total. The van der Waals surface area contributed by atoms with Crippen molar-refractivity contribution in [1.29, 1.82) is 0 Å². The Morgan fingerprint density at radius 3 is 2.43 bits per heavy atom. The number of carbonyl (C=O) groups excluding carboxylic acids is 2. The number of amides is 2. The molecule has 3 aromatic carbocycles. The highest BCUT2D eigenvalue weighted by Gasteiger charge is 2.43. The fraction of sp³-hybridized carbons (Fsp3) is 0.308. The predicted octanol–water partition coefficient (Wildman–Crippen LogP) is 3.73. The minimum atomic E-state index is -0.451. The van der Waals surface area contributed by atoms with Gasteiger partial charge in [0.25, 0.3) is 0 Å². The Balaban J connectivity index is 1.26. The number of nitrogens with one attached hydrogen (secondary N) is 1. The zero-order valence-corrected chi connectivity index (χ0v) is 17.0. The van der Waals surface area contributed by atoms with Crippen molar-refractivity contribution in [3.63, 3.8) is 0 Å². The summed E-state index contributed by atoms with van der Waals surface area (Å²) in [6.07, 6.45) is 3.18. The van der Waals surface area contributed by atoms with E-state index in [1.807, 2.05) is 35.2 Å². The number of piperidine rings is 1. The summed E-state index contributed by atoms with van der Waals surface area (Å²) in [5.74, 6) is 0.475. The van der Waals surface area contributed by atoms with E-state index in [-0.39, 0.29) is 17.9 Å². The van der Waals surface area contributed by atoms with Crippen molar-refractivity contribution < 1.29 is 9.59 Å². The molecule has 0 aliphatic carbocycles. The Hall–Kier alpha value is -3.14. The van der Waals surface area contributed by atoms with Crippen molar-refractivity contribution >= 4 is 22.6 Å². The van der Waals surface area contributed by atoms with E-state index < -0.39 is 6.04 Å². The minimum Gasteiger partial charge on any atom is -0.342 e. The maximum absolute atomic E-state index is 13.0. The first-order valence-electron chi connectivity index (χ1n) is 10.8. The summed E-state index contributed by atoms with van der Waals surface area (Å²) < 4.78 is 0. The lowest BCUT2D eigenvalue weighted by atomic mass is 9.83. The summed E-state index contributed by atoms with van der Waals surface area (Å²) in [6.45, 7) is 0.667. The molecule has 2 aliphatic rings. The Morgan fingerprint density at radius 1 is 0.833 bits per heavy atom. The van der Waals surface area contributed by atoms with Gasteiger partial charge in [-0.25, -0.2) is 0 Å². The molecular weight excluding hydrogens is 372 g/mol. The van der Waals surface area contributed by atoms with Crippen molar-refractivity contribution in [3.05, 3.63) is 83.9 Å². The molecule has 152 valence electrons. The van der Waals surface area contributed by atoms with E-state index in [0.29, 0.717) is 18.9 Å². The molecule has 30 heavy (non-hydrogen) atoms. The number of piperazine rings is 1. The van der Waals surface area contributed by atoms with E-state index in [4.69, 9.17) is 0 Å². The third-order valence-corrected chi connectivity index (χ3v) is 6.53. The molecule has 1 N–H and O–H groups in total. The van der Waals surface area contributed by atoms with Crippen LogP contribution in [0.5, 0.6) is 0 Å². The Labute approximate surface area is 176 Å². The maximum Gasteiger partial charge on any atom is 0.246 e. The highest BCUT2D eigenvalue weighted by molar-refractivity contribution is 5.97. The standard InChI is InChI=1S/C26H26N2O2/c29-25-24-17-20(14-19-10-11-21-8-4-5-9-22(21)15-19)12-13-28(24)26(30)23(27-25)16-18-6-2-1-3-7-18/h1-11,15,20,23-24H,12-14,16-17H2,(H,27,29). The number of nitrogens with zero attached hydrogens (tertiary/aromatic N) is 1. The molecule has 0 aromatic heterocycles. The van der Waals surface area contributed by atoms with Crippen LogP contribution in [-0.4, -0.2) is 35.3 Å². The van der Waals surface area contributed by atoms with Crippen LogP contribution >= 0.6 is 0 Å². The van der Waals surface area contributed by atoms with E-state index >= 15 is 0 Å². The first-order chi connectivity index (χ1) is 14.7. The van der Waals surface area contributed by atoms with Gasteiger partial charge in [0.05, 0.1) is 0 Å². The van der Waals surface area contributed by atoms with E-state index in [0.717, 1.165) is 24.8 Å². The van der Waals surface area contributed by atoms with Gasteiger partial charge in [0.1, 0.15) is 12.1 Å². The lowest BCUT2D eigenvalue weighted by molar-refractivity contribution is -0.152. The summed E-state index contributed by atoms with van der Waals surface area (Å²) in [5.41, 5.74) is 2.37. The maximum atomic E-state index is 13.0. The zero-order valence-electron chi connectivity index (χ0n) is 17.0. The van der Waals surface area contributed by atoms with Crippen LogP contribution in [0.2, 0.25) is 0 Å². The van der Waals surface area contributed by atoms with E-state index in [1.54, 1.807) is 0 Å². The van der Waals surface area contributed by atoms with Crippen LogP contribution in [0, 0.1) is 5.92 Å². The van der Waals surface area contributed by atoms with Crippen LogP contribution in [-0.2, 0) is 22.4 Å². The van der Waals surface area contributed by atoms with Gasteiger partial charge in [-0.2, -0.15) is 0 Å². The van der Waals surface area contributed by atoms with Crippen LogP contribution < -0.4 is 5.32 Å². The van der Waals surface area contributed by atoms with Gasteiger partial charge in [-0.3, -0.25) is 9.59 Å². The number of rotatable bonds is 4.